The van der Waals surface area contributed by atoms with Gasteiger partial charge in [-0.05, 0) is 100 Å². The van der Waals surface area contributed by atoms with Gasteiger partial charge in [0, 0.05) is 6.84 Å². The van der Waals surface area contributed by atoms with E-state index in [0.717, 1.165) is 41.5 Å². The Bertz CT molecular complexity index is 1480. The first-order chi connectivity index (χ1) is 17.7. The van der Waals surface area contributed by atoms with Crippen molar-refractivity contribution < 1.29 is 6.53 Å². The van der Waals surface area contributed by atoms with Crippen molar-refractivity contribution in [1.29, 1.82) is 0 Å². The maximum atomic E-state index is 10.8. The van der Waals surface area contributed by atoms with E-state index >= 15 is 0 Å². The van der Waals surface area contributed by atoms with E-state index in [2.05, 4.69) is 102 Å². The number of hydrogen-bond donors (Lipinski definition) is 1. The molecular weight excluding hydrogens is 448 g/mol. The van der Waals surface area contributed by atoms with Crippen LogP contribution in [0.25, 0.3) is 22.3 Å². The molecule has 5 rings (SSSR count). The molecule has 3 aromatic carbocycles. The minimum atomic E-state index is -0.551. The molecule has 0 spiro atoms. The van der Waals surface area contributed by atoms with E-state index in [4.69, 9.17) is 0 Å². The quantitative estimate of drug-likeness (QED) is 0.259. The Kier molecular flexibility index (Phi) is 6.68. The topological polar surface area (TPSA) is 20.2 Å². The highest BCUT2D eigenvalue weighted by atomic mass is 16.3. The summed E-state index contributed by atoms with van der Waals surface area (Å²) >= 11 is 0. The molecule has 2 aliphatic carbocycles. The third kappa shape index (κ3) is 4.47. The number of allylic oxidation sites excluding steroid dienone is 5. The Morgan fingerprint density at radius 3 is 2.43 bits per heavy atom. The standard InChI is InChI=1S/C36H38O.H2/c1-7-23(2)15-16-26-17-19-30-31-20-18-27(22-34(31)36(5,6)33(30)21-26)24(3)11-10-14-29-25(4)28-12-8-9-13-32(28)35(29)37;/h8-14,17-22,35,37H,2,7,15-16H2,1,3-6H3;1H/b14-10+,24-11+;. The fraction of sp³-hybridized carbons (Fsp3) is 0.278. The van der Waals surface area contributed by atoms with Crippen molar-refractivity contribution in [3.63, 3.8) is 0 Å². The molecule has 0 saturated carbocycles. The molecule has 37 heavy (non-hydrogen) atoms. The fourth-order valence-electron chi connectivity index (χ4n) is 5.90. The molecule has 0 bridgehead atoms. The van der Waals surface area contributed by atoms with Gasteiger partial charge in [0.2, 0.25) is 0 Å². The second kappa shape index (κ2) is 9.80. The predicted molar refractivity (Wildman–Crippen MR) is 161 cm³/mol. The number of benzene rings is 3. The molecule has 1 N–H and O–H groups in total. The molecule has 2 aliphatic rings. The zero-order valence-electron chi connectivity index (χ0n) is 22.9. The zero-order chi connectivity index (χ0) is 26.3. The van der Waals surface area contributed by atoms with Crippen LogP contribution in [0.4, 0.5) is 0 Å². The van der Waals surface area contributed by atoms with Crippen LogP contribution in [0.3, 0.4) is 0 Å². The lowest BCUT2D eigenvalue weighted by Crippen LogP contribution is -2.15. The van der Waals surface area contributed by atoms with Gasteiger partial charge in [0.05, 0.1) is 0 Å². The Hall–Kier alpha value is -3.42. The van der Waals surface area contributed by atoms with Crippen molar-refractivity contribution in [3.05, 3.63) is 130 Å². The normalized spacial score (nSPS) is 17.8. The molecule has 190 valence electrons. The Balaban J connectivity index is 0.00000336. The maximum absolute atomic E-state index is 10.8. The summed E-state index contributed by atoms with van der Waals surface area (Å²) in [4.78, 5) is 0. The molecule has 3 aromatic rings. The second-order valence-electron chi connectivity index (χ2n) is 11.1. The minimum Gasteiger partial charge on any atom is -0.384 e. The van der Waals surface area contributed by atoms with Crippen LogP contribution in [0.2, 0.25) is 0 Å². The highest BCUT2D eigenvalue weighted by molar-refractivity contribution is 5.83. The number of aliphatic hydroxyl groups is 1. The average molecular weight is 489 g/mol. The van der Waals surface area contributed by atoms with Crippen molar-refractivity contribution in [3.8, 4) is 11.1 Å². The summed E-state index contributed by atoms with van der Waals surface area (Å²) in [6, 6.07) is 22.1. The molecule has 0 saturated heterocycles. The first-order valence-electron chi connectivity index (χ1n) is 13.5. The van der Waals surface area contributed by atoms with Crippen LogP contribution >= 0.6 is 0 Å². The van der Waals surface area contributed by atoms with Gasteiger partial charge in [0.1, 0.15) is 6.10 Å². The van der Waals surface area contributed by atoms with Gasteiger partial charge in [0.15, 0.2) is 0 Å². The van der Waals surface area contributed by atoms with Crippen molar-refractivity contribution in [2.45, 2.75) is 65.4 Å². The maximum Gasteiger partial charge on any atom is 0.105 e. The Labute approximate surface area is 224 Å². The number of fused-ring (bicyclic) bond motifs is 4. The van der Waals surface area contributed by atoms with Gasteiger partial charge in [-0.3, -0.25) is 0 Å². The highest BCUT2D eigenvalue weighted by Crippen LogP contribution is 2.49. The SMILES string of the molecule is C=C(CC)CCc1ccc2c(c1)C(C)(C)c1cc(/C(C)=C/C=C/C3=C(C)c4ccccc4C3O)ccc1-2.[HH]. The summed E-state index contributed by atoms with van der Waals surface area (Å²) in [6.45, 7) is 15.3. The van der Waals surface area contributed by atoms with E-state index in [-0.39, 0.29) is 6.84 Å². The summed E-state index contributed by atoms with van der Waals surface area (Å²) in [7, 11) is 0. The lowest BCUT2D eigenvalue weighted by atomic mass is 9.81. The summed E-state index contributed by atoms with van der Waals surface area (Å²) < 4.78 is 0. The van der Waals surface area contributed by atoms with Gasteiger partial charge in [-0.15, -0.1) is 0 Å². The monoisotopic (exact) mass is 488 g/mol. The molecule has 0 heterocycles. The first kappa shape index (κ1) is 25.2. The van der Waals surface area contributed by atoms with Crippen molar-refractivity contribution in [2.24, 2.45) is 0 Å². The van der Waals surface area contributed by atoms with E-state index < -0.39 is 6.10 Å². The predicted octanol–water partition coefficient (Wildman–Crippen LogP) is 9.62. The molecule has 1 atom stereocenters. The van der Waals surface area contributed by atoms with Crippen LogP contribution in [0.5, 0.6) is 0 Å². The summed E-state index contributed by atoms with van der Waals surface area (Å²) in [5.74, 6) is 0. The van der Waals surface area contributed by atoms with Gasteiger partial charge in [-0.25, -0.2) is 0 Å². The number of hydrogen-bond acceptors (Lipinski definition) is 1. The van der Waals surface area contributed by atoms with Crippen molar-refractivity contribution >= 4 is 11.1 Å². The van der Waals surface area contributed by atoms with Crippen LogP contribution in [-0.2, 0) is 11.8 Å². The Morgan fingerprint density at radius 2 is 1.70 bits per heavy atom. The van der Waals surface area contributed by atoms with Gasteiger partial charge in [-0.1, -0.05) is 106 Å². The van der Waals surface area contributed by atoms with Crippen LogP contribution in [0, 0.1) is 0 Å². The third-order valence-electron chi connectivity index (χ3n) is 8.47. The smallest absolute Gasteiger partial charge is 0.105 e. The molecule has 0 radical (unpaired) electrons. The van der Waals surface area contributed by atoms with Crippen LogP contribution in [0.15, 0.2) is 96.6 Å². The fourth-order valence-corrected chi connectivity index (χ4v) is 5.90. The van der Waals surface area contributed by atoms with Crippen LogP contribution in [0.1, 0.15) is 88.4 Å². The number of aryl methyl sites for hydroxylation is 1. The molecular formula is C36H40O. The molecule has 1 unspecified atom stereocenters. The lowest BCUT2D eigenvalue weighted by Gasteiger charge is -2.22. The summed E-state index contributed by atoms with van der Waals surface area (Å²) in [6.07, 6.45) is 8.91. The van der Waals surface area contributed by atoms with Gasteiger partial charge >= 0.3 is 0 Å². The number of aliphatic hydroxyl groups excluding tert-OH is 1. The van der Waals surface area contributed by atoms with Crippen LogP contribution in [-0.4, -0.2) is 5.11 Å². The van der Waals surface area contributed by atoms with Gasteiger partial charge in [0.25, 0.3) is 0 Å². The van der Waals surface area contributed by atoms with E-state index in [9.17, 15) is 5.11 Å². The van der Waals surface area contributed by atoms with Crippen molar-refractivity contribution in [1.82, 2.24) is 0 Å². The minimum absolute atomic E-state index is 0. The molecule has 1 nitrogen and oxygen atoms in total. The third-order valence-corrected chi connectivity index (χ3v) is 8.47. The number of rotatable bonds is 7. The lowest BCUT2D eigenvalue weighted by molar-refractivity contribution is 0.223. The zero-order valence-corrected chi connectivity index (χ0v) is 22.9. The second-order valence-corrected chi connectivity index (χ2v) is 11.1. The van der Waals surface area contributed by atoms with E-state index in [1.54, 1.807) is 0 Å². The molecule has 0 aromatic heterocycles. The Morgan fingerprint density at radius 1 is 1.00 bits per heavy atom. The first-order valence-corrected chi connectivity index (χ1v) is 13.5. The van der Waals surface area contributed by atoms with E-state index in [1.165, 1.54) is 44.5 Å². The van der Waals surface area contributed by atoms with Crippen molar-refractivity contribution in [2.75, 3.05) is 0 Å². The molecule has 0 aliphatic heterocycles. The van der Waals surface area contributed by atoms with Gasteiger partial charge < -0.3 is 5.11 Å². The van der Waals surface area contributed by atoms with Crippen LogP contribution < -0.4 is 0 Å². The van der Waals surface area contributed by atoms with E-state index in [0.29, 0.717) is 0 Å². The largest absolute Gasteiger partial charge is 0.384 e. The summed E-state index contributed by atoms with van der Waals surface area (Å²) in [5.41, 5.74) is 15.0. The van der Waals surface area contributed by atoms with E-state index in [1.807, 2.05) is 18.2 Å². The molecule has 0 amide bonds. The molecule has 1 heteroatoms. The highest BCUT2D eigenvalue weighted by Gasteiger charge is 2.35. The molecule has 0 fully saturated rings. The van der Waals surface area contributed by atoms with Gasteiger partial charge in [-0.2, -0.15) is 0 Å². The summed E-state index contributed by atoms with van der Waals surface area (Å²) in [5, 5.41) is 10.8. The average Bonchev–Trinajstić information content (AvgIpc) is 3.29.